The van der Waals surface area contributed by atoms with Crippen molar-refractivity contribution in [3.05, 3.63) is 51.7 Å². The highest BCUT2D eigenvalue weighted by atomic mass is 32.1. The van der Waals surface area contributed by atoms with Crippen LogP contribution in [-0.4, -0.2) is 32.7 Å². The normalized spacial score (nSPS) is 11.7. The van der Waals surface area contributed by atoms with Crippen molar-refractivity contribution in [2.45, 2.75) is 20.0 Å². The predicted octanol–water partition coefficient (Wildman–Crippen LogP) is 3.78. The van der Waals surface area contributed by atoms with Gasteiger partial charge in [-0.25, -0.2) is 14.1 Å². The van der Waals surface area contributed by atoms with Crippen molar-refractivity contribution in [3.63, 3.8) is 0 Å². The number of alkyl halides is 3. The van der Waals surface area contributed by atoms with E-state index in [-0.39, 0.29) is 10.7 Å². The number of carbonyl (C=O) groups is 1. The number of pyridine rings is 1. The monoisotopic (exact) mass is 399 g/mol. The number of thiazole rings is 1. The van der Waals surface area contributed by atoms with Gasteiger partial charge in [-0.3, -0.25) is 9.78 Å². The number of nitrogens with zero attached hydrogens (tertiary/aromatic N) is 5. The van der Waals surface area contributed by atoms with E-state index in [9.17, 15) is 22.4 Å². The number of amides is 1. The average molecular weight is 399 g/mol. The highest BCUT2D eigenvalue weighted by Crippen LogP contribution is 2.35. The number of rotatable bonds is 3. The third-order valence-electron chi connectivity index (χ3n) is 3.69. The third-order valence-corrected chi connectivity index (χ3v) is 4.65. The van der Waals surface area contributed by atoms with Crippen molar-refractivity contribution in [2.75, 3.05) is 11.9 Å². The van der Waals surface area contributed by atoms with Crippen molar-refractivity contribution in [1.29, 1.82) is 0 Å². The lowest BCUT2D eigenvalue weighted by atomic mass is 10.3. The van der Waals surface area contributed by atoms with Gasteiger partial charge in [0.25, 0.3) is 5.91 Å². The van der Waals surface area contributed by atoms with E-state index in [2.05, 4.69) is 15.1 Å². The molecule has 3 aromatic heterocycles. The lowest BCUT2D eigenvalue weighted by Crippen LogP contribution is -2.28. The molecule has 11 heteroatoms. The minimum absolute atomic E-state index is 0.136. The summed E-state index contributed by atoms with van der Waals surface area (Å²) in [6.45, 7) is 2.99. The lowest BCUT2D eigenvalue weighted by Gasteiger charge is -2.16. The van der Waals surface area contributed by atoms with Crippen LogP contribution in [0.3, 0.4) is 0 Å². The molecule has 0 radical (unpaired) electrons. The minimum atomic E-state index is -4.73. The summed E-state index contributed by atoms with van der Waals surface area (Å²) in [5.74, 6) is -1.42. The molecule has 27 heavy (non-hydrogen) atoms. The van der Waals surface area contributed by atoms with E-state index in [1.165, 1.54) is 37.1 Å². The van der Waals surface area contributed by atoms with Crippen molar-refractivity contribution in [1.82, 2.24) is 19.7 Å². The van der Waals surface area contributed by atoms with Gasteiger partial charge >= 0.3 is 6.18 Å². The Bertz CT molecular complexity index is 1010. The number of aromatic nitrogens is 4. The van der Waals surface area contributed by atoms with Crippen LogP contribution in [0.2, 0.25) is 0 Å². The van der Waals surface area contributed by atoms with Gasteiger partial charge in [-0.2, -0.15) is 18.3 Å². The molecule has 0 aliphatic heterocycles. The van der Waals surface area contributed by atoms with Gasteiger partial charge in [0, 0.05) is 13.1 Å². The van der Waals surface area contributed by atoms with Gasteiger partial charge in [0.2, 0.25) is 0 Å². The van der Waals surface area contributed by atoms with Crippen LogP contribution in [0.4, 0.5) is 23.2 Å². The number of anilines is 1. The Hall–Kier alpha value is -2.82. The zero-order valence-corrected chi connectivity index (χ0v) is 15.2. The maximum atomic E-state index is 13.3. The van der Waals surface area contributed by atoms with Crippen LogP contribution in [0.5, 0.6) is 0 Å². The SMILES string of the molecule is Cc1nc(C(F)(F)F)c(C(=O)N(C)c2cn(-c3cncc(F)c3)nc2C)s1. The van der Waals surface area contributed by atoms with Crippen LogP contribution in [-0.2, 0) is 6.18 Å². The van der Waals surface area contributed by atoms with Crippen LogP contribution >= 0.6 is 11.3 Å². The number of aryl methyl sites for hydroxylation is 2. The molecule has 1 amide bonds. The van der Waals surface area contributed by atoms with Gasteiger partial charge in [-0.15, -0.1) is 11.3 Å². The second-order valence-corrected chi connectivity index (χ2v) is 6.88. The maximum Gasteiger partial charge on any atom is 0.435 e. The van der Waals surface area contributed by atoms with E-state index < -0.39 is 28.5 Å². The van der Waals surface area contributed by atoms with E-state index in [0.717, 1.165) is 11.1 Å². The van der Waals surface area contributed by atoms with Crippen LogP contribution in [0.25, 0.3) is 5.69 Å². The van der Waals surface area contributed by atoms with E-state index in [1.807, 2.05) is 0 Å². The fourth-order valence-corrected chi connectivity index (χ4v) is 3.38. The van der Waals surface area contributed by atoms with Gasteiger partial charge in [-0.05, 0) is 13.8 Å². The largest absolute Gasteiger partial charge is 0.435 e. The number of carbonyl (C=O) groups excluding carboxylic acids is 1. The van der Waals surface area contributed by atoms with Gasteiger partial charge in [-0.1, -0.05) is 0 Å². The number of hydrogen-bond acceptors (Lipinski definition) is 5. The van der Waals surface area contributed by atoms with Crippen molar-refractivity contribution >= 4 is 22.9 Å². The van der Waals surface area contributed by atoms with Gasteiger partial charge in [0.15, 0.2) is 5.69 Å². The molecule has 0 atom stereocenters. The average Bonchev–Trinajstić information content (AvgIpc) is 3.16. The Morgan fingerprint density at radius 3 is 2.59 bits per heavy atom. The van der Waals surface area contributed by atoms with E-state index in [0.29, 0.717) is 22.7 Å². The first-order valence-electron chi connectivity index (χ1n) is 7.58. The molecule has 0 N–H and O–H groups in total. The summed E-state index contributed by atoms with van der Waals surface area (Å²) in [4.78, 5) is 20.4. The molecular weight excluding hydrogens is 386 g/mol. The summed E-state index contributed by atoms with van der Waals surface area (Å²) in [5.41, 5.74) is -0.232. The highest BCUT2D eigenvalue weighted by Gasteiger charge is 2.40. The predicted molar refractivity (Wildman–Crippen MR) is 90.6 cm³/mol. The summed E-state index contributed by atoms with van der Waals surface area (Å²) in [6.07, 6.45) is -0.912. The van der Waals surface area contributed by atoms with E-state index in [1.54, 1.807) is 6.92 Å². The fourth-order valence-electron chi connectivity index (χ4n) is 2.46. The Kier molecular flexibility index (Phi) is 4.72. The molecule has 0 bridgehead atoms. The first kappa shape index (κ1) is 19.0. The van der Waals surface area contributed by atoms with Crippen LogP contribution < -0.4 is 4.90 Å². The molecule has 0 unspecified atom stereocenters. The van der Waals surface area contributed by atoms with Crippen LogP contribution in [0.15, 0.2) is 24.7 Å². The van der Waals surface area contributed by atoms with Crippen LogP contribution in [0, 0.1) is 19.7 Å². The summed E-state index contributed by atoms with van der Waals surface area (Å²) in [5, 5.41) is 4.31. The molecule has 0 aromatic carbocycles. The second kappa shape index (κ2) is 6.72. The number of halogens is 4. The standard InChI is InChI=1S/C16H13F4N5OS/c1-8-12(7-25(23-8)11-4-10(17)5-21-6-11)24(3)15(26)13-14(16(18,19)20)22-9(2)27-13/h4-7H,1-3H3. The third kappa shape index (κ3) is 3.68. The molecule has 3 heterocycles. The lowest BCUT2D eigenvalue weighted by molar-refractivity contribution is -0.141. The Morgan fingerprint density at radius 1 is 1.26 bits per heavy atom. The molecule has 0 aliphatic rings. The molecule has 0 saturated heterocycles. The van der Waals surface area contributed by atoms with Crippen molar-refractivity contribution in [2.24, 2.45) is 0 Å². The zero-order chi connectivity index (χ0) is 19.9. The van der Waals surface area contributed by atoms with Crippen LogP contribution in [0.1, 0.15) is 26.1 Å². The molecule has 0 spiro atoms. The zero-order valence-electron chi connectivity index (χ0n) is 14.4. The van der Waals surface area contributed by atoms with Gasteiger partial charge < -0.3 is 4.90 Å². The number of hydrogen-bond donors (Lipinski definition) is 0. The summed E-state index contributed by atoms with van der Waals surface area (Å²) in [7, 11) is 1.34. The molecule has 0 saturated carbocycles. The van der Waals surface area contributed by atoms with Crippen molar-refractivity contribution < 1.29 is 22.4 Å². The first-order valence-corrected chi connectivity index (χ1v) is 8.39. The van der Waals surface area contributed by atoms with E-state index in [4.69, 9.17) is 0 Å². The fraction of sp³-hybridized carbons (Fsp3) is 0.250. The van der Waals surface area contributed by atoms with Crippen molar-refractivity contribution in [3.8, 4) is 5.69 Å². The molecule has 0 fully saturated rings. The molecule has 3 aromatic rings. The summed E-state index contributed by atoms with van der Waals surface area (Å²) in [6, 6.07) is 1.19. The Balaban J connectivity index is 1.97. The summed E-state index contributed by atoms with van der Waals surface area (Å²) >= 11 is 0.674. The first-order chi connectivity index (χ1) is 12.6. The van der Waals surface area contributed by atoms with Gasteiger partial charge in [0.05, 0.1) is 40.7 Å². The smallest absolute Gasteiger partial charge is 0.307 e. The molecule has 3 rings (SSSR count). The Morgan fingerprint density at radius 2 is 1.96 bits per heavy atom. The van der Waals surface area contributed by atoms with E-state index >= 15 is 0 Å². The van der Waals surface area contributed by atoms with Gasteiger partial charge in [0.1, 0.15) is 10.7 Å². The molecule has 6 nitrogen and oxygen atoms in total. The maximum absolute atomic E-state index is 13.3. The topological polar surface area (TPSA) is 63.9 Å². The quantitative estimate of drug-likeness (QED) is 0.629. The molecule has 142 valence electrons. The summed E-state index contributed by atoms with van der Waals surface area (Å²) < 4.78 is 54.1. The molecular formula is C16H13F4N5OS. The second-order valence-electron chi connectivity index (χ2n) is 5.68. The minimum Gasteiger partial charge on any atom is -0.307 e. The molecule has 0 aliphatic carbocycles. The Labute approximate surface area is 155 Å². The highest BCUT2D eigenvalue weighted by molar-refractivity contribution is 7.13.